The number of fused-ring (bicyclic) bond motifs is 1. The molecule has 30 heavy (non-hydrogen) atoms. The van der Waals surface area contributed by atoms with E-state index in [2.05, 4.69) is 16.3 Å². The summed E-state index contributed by atoms with van der Waals surface area (Å²) < 4.78 is 12.1. The van der Waals surface area contributed by atoms with Crippen LogP contribution in [0.4, 0.5) is 0 Å². The molecule has 1 amide bonds. The summed E-state index contributed by atoms with van der Waals surface area (Å²) in [5.74, 6) is 0.295. The minimum atomic E-state index is -0.435. The van der Waals surface area contributed by atoms with Gasteiger partial charge < -0.3 is 14.5 Å². The Balaban J connectivity index is 1.41. The lowest BCUT2D eigenvalue weighted by Gasteiger charge is -2.28. The summed E-state index contributed by atoms with van der Waals surface area (Å²) in [6.45, 7) is 2.85. The van der Waals surface area contributed by atoms with Gasteiger partial charge in [-0.3, -0.25) is 14.3 Å². The van der Waals surface area contributed by atoms with Crippen molar-refractivity contribution in [2.75, 3.05) is 26.7 Å². The highest BCUT2D eigenvalue weighted by Gasteiger charge is 2.24. The van der Waals surface area contributed by atoms with Crippen LogP contribution in [0.1, 0.15) is 30.9 Å². The van der Waals surface area contributed by atoms with Crippen LogP contribution in [0, 0.1) is 0 Å². The molecular weight excluding hydrogens is 382 g/mol. The van der Waals surface area contributed by atoms with E-state index in [0.717, 1.165) is 24.4 Å². The molecule has 1 aromatic heterocycles. The molecule has 0 saturated carbocycles. The maximum Gasteiger partial charge on any atom is 0.419 e. The van der Waals surface area contributed by atoms with Gasteiger partial charge in [0.05, 0.1) is 18.7 Å². The number of likely N-dealkylation sites (tertiary alicyclic amines) is 1. The van der Waals surface area contributed by atoms with E-state index < -0.39 is 5.76 Å². The number of para-hydroxylation sites is 2. The molecule has 2 aromatic carbocycles. The highest BCUT2D eigenvalue weighted by molar-refractivity contribution is 5.76. The van der Waals surface area contributed by atoms with Crippen LogP contribution in [0.3, 0.4) is 0 Å². The van der Waals surface area contributed by atoms with Crippen LogP contribution in [0.5, 0.6) is 5.75 Å². The number of oxazole rings is 1. The lowest BCUT2D eigenvalue weighted by atomic mass is 10.0. The number of rotatable bonds is 8. The average molecular weight is 409 g/mol. The van der Waals surface area contributed by atoms with Crippen molar-refractivity contribution in [2.45, 2.75) is 31.8 Å². The fourth-order valence-corrected chi connectivity index (χ4v) is 4.10. The molecule has 7 heteroatoms. The minimum absolute atomic E-state index is 0.0840. The van der Waals surface area contributed by atoms with Crippen molar-refractivity contribution < 1.29 is 13.9 Å². The third-order valence-electron chi connectivity index (χ3n) is 5.69. The van der Waals surface area contributed by atoms with E-state index >= 15 is 0 Å². The molecule has 1 unspecified atom stereocenters. The number of hydrogen-bond acceptors (Lipinski definition) is 5. The lowest BCUT2D eigenvalue weighted by molar-refractivity contribution is -0.121. The molecule has 4 rings (SSSR count). The van der Waals surface area contributed by atoms with Gasteiger partial charge in [-0.1, -0.05) is 24.3 Å². The molecule has 0 aliphatic carbocycles. The normalized spacial score (nSPS) is 15.4. The highest BCUT2D eigenvalue weighted by Crippen LogP contribution is 2.27. The van der Waals surface area contributed by atoms with Crippen LogP contribution >= 0.6 is 0 Å². The highest BCUT2D eigenvalue weighted by atomic mass is 16.5. The summed E-state index contributed by atoms with van der Waals surface area (Å²) in [5.41, 5.74) is 2.38. The van der Waals surface area contributed by atoms with Gasteiger partial charge >= 0.3 is 5.76 Å². The number of aryl methyl sites for hydroxylation is 1. The van der Waals surface area contributed by atoms with Crippen molar-refractivity contribution in [3.8, 4) is 5.75 Å². The van der Waals surface area contributed by atoms with Crippen LogP contribution in [0.2, 0.25) is 0 Å². The number of benzene rings is 2. The molecule has 1 N–H and O–H groups in total. The maximum absolute atomic E-state index is 12.6. The van der Waals surface area contributed by atoms with Crippen molar-refractivity contribution >= 4 is 17.0 Å². The van der Waals surface area contributed by atoms with Crippen molar-refractivity contribution in [3.05, 3.63) is 64.6 Å². The number of carbonyl (C=O) groups excluding carboxylic acids is 1. The quantitative estimate of drug-likeness (QED) is 0.619. The van der Waals surface area contributed by atoms with E-state index in [1.54, 1.807) is 13.2 Å². The largest absolute Gasteiger partial charge is 0.497 e. The van der Waals surface area contributed by atoms with E-state index in [9.17, 15) is 9.59 Å². The molecule has 1 fully saturated rings. The zero-order valence-electron chi connectivity index (χ0n) is 17.2. The average Bonchev–Trinajstić information content (AvgIpc) is 3.40. The monoisotopic (exact) mass is 409 g/mol. The first-order valence-electron chi connectivity index (χ1n) is 10.4. The molecule has 7 nitrogen and oxygen atoms in total. The van der Waals surface area contributed by atoms with Gasteiger partial charge in [0.25, 0.3) is 0 Å². The molecule has 158 valence electrons. The van der Waals surface area contributed by atoms with Crippen molar-refractivity contribution in [2.24, 2.45) is 0 Å². The number of amides is 1. The van der Waals surface area contributed by atoms with E-state index in [4.69, 9.17) is 9.15 Å². The van der Waals surface area contributed by atoms with E-state index in [1.807, 2.05) is 36.4 Å². The van der Waals surface area contributed by atoms with Crippen LogP contribution < -0.4 is 15.8 Å². The fraction of sp³-hybridized carbons (Fsp3) is 0.391. The second-order valence-corrected chi connectivity index (χ2v) is 7.58. The van der Waals surface area contributed by atoms with Gasteiger partial charge in [0, 0.05) is 19.5 Å². The van der Waals surface area contributed by atoms with Crippen molar-refractivity contribution in [3.63, 3.8) is 0 Å². The molecule has 1 atom stereocenters. The Hall–Kier alpha value is -3.06. The first-order valence-corrected chi connectivity index (χ1v) is 10.4. The van der Waals surface area contributed by atoms with E-state index in [-0.39, 0.29) is 24.9 Å². The van der Waals surface area contributed by atoms with Gasteiger partial charge in [-0.2, -0.15) is 0 Å². The zero-order chi connectivity index (χ0) is 20.9. The number of ether oxygens (including phenoxy) is 1. The third kappa shape index (κ3) is 4.41. The van der Waals surface area contributed by atoms with Crippen LogP contribution in [0.15, 0.2) is 57.7 Å². The van der Waals surface area contributed by atoms with Crippen LogP contribution in [-0.2, 0) is 11.3 Å². The molecule has 1 aliphatic heterocycles. The minimum Gasteiger partial charge on any atom is -0.497 e. The lowest BCUT2D eigenvalue weighted by Crippen LogP contribution is -2.37. The first-order chi connectivity index (χ1) is 14.7. The van der Waals surface area contributed by atoms with Crippen LogP contribution in [-0.4, -0.2) is 42.1 Å². The summed E-state index contributed by atoms with van der Waals surface area (Å²) in [4.78, 5) is 27.0. The second kappa shape index (κ2) is 9.17. The van der Waals surface area contributed by atoms with Crippen LogP contribution in [0.25, 0.3) is 11.1 Å². The van der Waals surface area contributed by atoms with Gasteiger partial charge in [-0.15, -0.1) is 0 Å². The topological polar surface area (TPSA) is 76.7 Å². The number of hydrogen-bond donors (Lipinski definition) is 1. The standard InChI is InChI=1S/C23H27N3O4/c1-29-18-8-6-7-17(15-18)20(25-12-4-5-13-25)16-24-22(27)11-14-26-19-9-2-3-10-21(19)30-23(26)28/h2-3,6-10,15,20H,4-5,11-14,16H2,1H3,(H,24,27). The molecule has 0 radical (unpaired) electrons. The number of aromatic nitrogens is 1. The number of carbonyl (C=O) groups is 1. The van der Waals surface area contributed by atoms with Gasteiger partial charge in [0.2, 0.25) is 5.91 Å². The van der Waals surface area contributed by atoms with E-state index in [0.29, 0.717) is 17.6 Å². The van der Waals surface area contributed by atoms with Gasteiger partial charge in [-0.05, 0) is 55.8 Å². The fourth-order valence-electron chi connectivity index (χ4n) is 4.10. The summed E-state index contributed by atoms with van der Waals surface area (Å²) in [6, 6.07) is 15.4. The Morgan fingerprint density at radius 2 is 1.97 bits per heavy atom. The molecule has 0 bridgehead atoms. The number of nitrogens with zero attached hydrogens (tertiary/aromatic N) is 2. The SMILES string of the molecule is COc1cccc(C(CNC(=O)CCn2c(=O)oc3ccccc32)N2CCCC2)c1. The Kier molecular flexibility index (Phi) is 6.18. The Bertz CT molecular complexity index is 1070. The second-order valence-electron chi connectivity index (χ2n) is 7.58. The Morgan fingerprint density at radius 1 is 1.17 bits per heavy atom. The Morgan fingerprint density at radius 3 is 2.77 bits per heavy atom. The number of nitrogens with one attached hydrogen (secondary N) is 1. The predicted molar refractivity (Wildman–Crippen MR) is 115 cm³/mol. The molecule has 2 heterocycles. The first kappa shape index (κ1) is 20.2. The summed E-state index contributed by atoms with van der Waals surface area (Å²) in [5, 5.41) is 3.06. The maximum atomic E-state index is 12.6. The molecule has 0 spiro atoms. The summed E-state index contributed by atoms with van der Waals surface area (Å²) in [7, 11) is 1.66. The van der Waals surface area contributed by atoms with Gasteiger partial charge in [0.15, 0.2) is 5.58 Å². The molecular formula is C23H27N3O4. The smallest absolute Gasteiger partial charge is 0.419 e. The predicted octanol–water partition coefficient (Wildman–Crippen LogP) is 2.95. The molecule has 1 saturated heterocycles. The van der Waals surface area contributed by atoms with E-state index in [1.165, 1.54) is 17.4 Å². The summed E-state index contributed by atoms with van der Waals surface area (Å²) in [6.07, 6.45) is 2.56. The number of methoxy groups -OCH3 is 1. The van der Waals surface area contributed by atoms with Gasteiger partial charge in [-0.25, -0.2) is 4.79 Å². The summed E-state index contributed by atoms with van der Waals surface area (Å²) >= 11 is 0. The van der Waals surface area contributed by atoms with Gasteiger partial charge in [0.1, 0.15) is 5.75 Å². The van der Waals surface area contributed by atoms with Crippen molar-refractivity contribution in [1.29, 1.82) is 0 Å². The Labute approximate surface area is 175 Å². The van der Waals surface area contributed by atoms with Crippen molar-refractivity contribution in [1.82, 2.24) is 14.8 Å². The molecule has 1 aliphatic rings. The zero-order valence-corrected chi connectivity index (χ0v) is 17.2. The molecule has 3 aromatic rings. The third-order valence-corrected chi connectivity index (χ3v) is 5.69.